The number of halogens is 4. The molecule has 1 unspecified atom stereocenters. The fourth-order valence-electron chi connectivity index (χ4n) is 4.49. The van der Waals surface area contributed by atoms with Crippen molar-refractivity contribution in [3.05, 3.63) is 76.5 Å². The van der Waals surface area contributed by atoms with E-state index in [4.69, 9.17) is 0 Å². The molecular formula is C24H18F4N4O4S. The van der Waals surface area contributed by atoms with Crippen molar-refractivity contribution in [3.8, 4) is 11.1 Å². The molecule has 13 heteroatoms. The Labute approximate surface area is 207 Å². The van der Waals surface area contributed by atoms with Crippen molar-refractivity contribution >= 4 is 32.5 Å². The predicted octanol–water partition coefficient (Wildman–Crippen LogP) is 3.93. The van der Waals surface area contributed by atoms with Gasteiger partial charge in [0.2, 0.25) is 0 Å². The van der Waals surface area contributed by atoms with Crippen LogP contribution in [-0.2, 0) is 16.4 Å². The smallest absolute Gasteiger partial charge is 0.272 e. The molecule has 0 bridgehead atoms. The number of anilines is 1. The second kappa shape index (κ2) is 8.85. The van der Waals surface area contributed by atoms with Crippen LogP contribution in [0.5, 0.6) is 0 Å². The quantitative estimate of drug-likeness (QED) is 0.289. The van der Waals surface area contributed by atoms with Gasteiger partial charge in [-0.3, -0.25) is 14.6 Å². The monoisotopic (exact) mass is 534 g/mol. The molecule has 1 amide bonds. The van der Waals surface area contributed by atoms with Gasteiger partial charge < -0.3 is 10.4 Å². The first kappa shape index (κ1) is 24.7. The third-order valence-electron chi connectivity index (χ3n) is 6.25. The predicted molar refractivity (Wildman–Crippen MR) is 125 cm³/mol. The lowest BCUT2D eigenvalue weighted by Crippen LogP contribution is -2.18. The standard InChI is InChI=1S/C24H18F4N4O4S/c1-29-24(34)23-13-3-2-12(20(27)22(13)30-31-23)19-15(26)5-6-16(21(19)28)32-37(35,36)18-9-10(25)8-14-11(18)4-7-17(14)33/h2-3,5-6,8-9,17,32-33H,4,7H2,1H3,(H,29,34)(H,30,31). The van der Waals surface area contributed by atoms with Gasteiger partial charge in [-0.05, 0) is 54.3 Å². The fraction of sp³-hybridized carbons (Fsp3) is 0.167. The molecule has 0 spiro atoms. The molecule has 37 heavy (non-hydrogen) atoms. The summed E-state index contributed by atoms with van der Waals surface area (Å²) < 4.78 is 87.9. The average molecular weight is 534 g/mol. The molecule has 3 aromatic carbocycles. The van der Waals surface area contributed by atoms with Gasteiger partial charge in [0.15, 0.2) is 17.3 Å². The molecule has 0 fully saturated rings. The van der Waals surface area contributed by atoms with Gasteiger partial charge in [-0.15, -0.1) is 0 Å². The minimum Gasteiger partial charge on any atom is -0.388 e. The van der Waals surface area contributed by atoms with Crippen molar-refractivity contribution in [1.29, 1.82) is 0 Å². The third kappa shape index (κ3) is 4.00. The Morgan fingerprint density at radius 3 is 2.59 bits per heavy atom. The number of hydrogen-bond acceptors (Lipinski definition) is 5. The van der Waals surface area contributed by atoms with Gasteiger partial charge in [-0.2, -0.15) is 5.10 Å². The van der Waals surface area contributed by atoms with E-state index in [-0.39, 0.29) is 40.6 Å². The number of aromatic amines is 1. The van der Waals surface area contributed by atoms with Crippen molar-refractivity contribution in [2.24, 2.45) is 0 Å². The first-order valence-electron chi connectivity index (χ1n) is 10.9. The number of rotatable bonds is 5. The Hall–Kier alpha value is -3.97. The largest absolute Gasteiger partial charge is 0.388 e. The molecule has 4 aromatic rings. The van der Waals surface area contributed by atoms with E-state index in [2.05, 4.69) is 15.5 Å². The summed E-state index contributed by atoms with van der Waals surface area (Å²) in [5.41, 5.74) is -2.23. The molecule has 0 aliphatic heterocycles. The summed E-state index contributed by atoms with van der Waals surface area (Å²) in [6.07, 6.45) is -0.705. The number of carbonyl (C=O) groups excluding carboxylic acids is 1. The van der Waals surface area contributed by atoms with Crippen LogP contribution in [0.3, 0.4) is 0 Å². The minimum atomic E-state index is -4.59. The Balaban J connectivity index is 1.59. The molecule has 8 nitrogen and oxygen atoms in total. The summed E-state index contributed by atoms with van der Waals surface area (Å²) in [6, 6.07) is 5.64. The number of sulfonamides is 1. The average Bonchev–Trinajstić information content (AvgIpc) is 3.45. The first-order valence-corrected chi connectivity index (χ1v) is 12.4. The SMILES string of the molecule is CNC(=O)c1n[nH]c2c(F)c(-c3c(F)ccc(NS(=O)(=O)c4cc(F)cc5c4CCC5O)c3F)ccc12. The highest BCUT2D eigenvalue weighted by atomic mass is 32.2. The molecule has 5 rings (SSSR count). The number of fused-ring (bicyclic) bond motifs is 2. The van der Waals surface area contributed by atoms with Crippen LogP contribution in [-0.4, -0.2) is 36.7 Å². The number of benzene rings is 3. The maximum absolute atomic E-state index is 15.5. The lowest BCUT2D eigenvalue weighted by Gasteiger charge is -2.15. The molecule has 1 aromatic heterocycles. The zero-order valence-electron chi connectivity index (χ0n) is 19.0. The Morgan fingerprint density at radius 2 is 1.86 bits per heavy atom. The van der Waals surface area contributed by atoms with Gasteiger partial charge in [-0.25, -0.2) is 26.0 Å². The first-order chi connectivity index (χ1) is 17.5. The third-order valence-corrected chi connectivity index (χ3v) is 7.68. The highest BCUT2D eigenvalue weighted by Crippen LogP contribution is 2.38. The zero-order chi connectivity index (χ0) is 26.6. The van der Waals surface area contributed by atoms with Crippen LogP contribution in [0.15, 0.2) is 41.3 Å². The molecule has 0 saturated carbocycles. The summed E-state index contributed by atoms with van der Waals surface area (Å²) in [4.78, 5) is 11.4. The molecule has 0 radical (unpaired) electrons. The molecule has 4 N–H and O–H groups in total. The van der Waals surface area contributed by atoms with Crippen molar-refractivity contribution < 1.29 is 35.9 Å². The normalized spacial score (nSPS) is 15.1. The van der Waals surface area contributed by atoms with E-state index < -0.39 is 67.0 Å². The van der Waals surface area contributed by atoms with E-state index in [1.165, 1.54) is 13.1 Å². The number of carbonyl (C=O) groups is 1. The van der Waals surface area contributed by atoms with E-state index in [9.17, 15) is 27.1 Å². The van der Waals surface area contributed by atoms with Crippen molar-refractivity contribution in [1.82, 2.24) is 15.5 Å². The van der Waals surface area contributed by atoms with Crippen LogP contribution in [0.25, 0.3) is 22.0 Å². The van der Waals surface area contributed by atoms with E-state index >= 15 is 8.78 Å². The van der Waals surface area contributed by atoms with E-state index in [1.54, 1.807) is 0 Å². The van der Waals surface area contributed by atoms with Crippen molar-refractivity contribution in [2.75, 3.05) is 11.8 Å². The van der Waals surface area contributed by atoms with Crippen LogP contribution in [0.2, 0.25) is 0 Å². The molecule has 192 valence electrons. The van der Waals surface area contributed by atoms with Gasteiger partial charge in [0.1, 0.15) is 17.2 Å². The molecule has 1 heterocycles. The number of H-pyrrole nitrogens is 1. The Bertz CT molecular complexity index is 1710. The van der Waals surface area contributed by atoms with E-state index in [1.807, 2.05) is 4.72 Å². The maximum Gasteiger partial charge on any atom is 0.272 e. The number of hydrogen-bond donors (Lipinski definition) is 4. The lowest BCUT2D eigenvalue weighted by atomic mass is 10.0. The maximum atomic E-state index is 15.5. The van der Waals surface area contributed by atoms with Crippen molar-refractivity contribution in [2.45, 2.75) is 23.8 Å². The summed E-state index contributed by atoms with van der Waals surface area (Å²) in [5, 5.41) is 18.5. The number of amides is 1. The highest BCUT2D eigenvalue weighted by molar-refractivity contribution is 7.92. The number of nitrogens with one attached hydrogen (secondary N) is 3. The highest BCUT2D eigenvalue weighted by Gasteiger charge is 2.31. The minimum absolute atomic E-state index is 0.0698. The molecule has 1 atom stereocenters. The molecule has 0 saturated heterocycles. The number of aliphatic hydroxyl groups is 1. The summed E-state index contributed by atoms with van der Waals surface area (Å²) in [7, 11) is -3.24. The summed E-state index contributed by atoms with van der Waals surface area (Å²) >= 11 is 0. The Kier molecular flexibility index (Phi) is 5.91. The van der Waals surface area contributed by atoms with Gasteiger partial charge in [0.25, 0.3) is 15.9 Å². The lowest BCUT2D eigenvalue weighted by molar-refractivity contribution is 0.0959. The van der Waals surface area contributed by atoms with E-state index in [0.717, 1.165) is 30.3 Å². The zero-order valence-corrected chi connectivity index (χ0v) is 19.8. The van der Waals surface area contributed by atoms with Gasteiger partial charge in [0, 0.05) is 18.0 Å². The molecule has 1 aliphatic rings. The van der Waals surface area contributed by atoms with Crippen LogP contribution in [0.4, 0.5) is 23.2 Å². The van der Waals surface area contributed by atoms with Crippen LogP contribution < -0.4 is 10.0 Å². The molecule has 1 aliphatic carbocycles. The molecular weight excluding hydrogens is 516 g/mol. The van der Waals surface area contributed by atoms with Crippen LogP contribution in [0.1, 0.15) is 34.1 Å². The van der Waals surface area contributed by atoms with Gasteiger partial charge >= 0.3 is 0 Å². The summed E-state index contributed by atoms with van der Waals surface area (Å²) in [5.74, 6) is -5.23. The van der Waals surface area contributed by atoms with Crippen LogP contribution in [0, 0.1) is 23.3 Å². The van der Waals surface area contributed by atoms with Crippen molar-refractivity contribution in [3.63, 3.8) is 0 Å². The Morgan fingerprint density at radius 1 is 1.11 bits per heavy atom. The fourth-order valence-corrected chi connectivity index (χ4v) is 5.86. The number of aromatic nitrogens is 2. The summed E-state index contributed by atoms with van der Waals surface area (Å²) in [6.45, 7) is 0. The number of aliphatic hydroxyl groups excluding tert-OH is 1. The number of nitrogens with zero attached hydrogens (tertiary/aromatic N) is 1. The van der Waals surface area contributed by atoms with Gasteiger partial charge in [-0.1, -0.05) is 6.07 Å². The van der Waals surface area contributed by atoms with Gasteiger partial charge in [0.05, 0.1) is 22.3 Å². The second-order valence-corrected chi connectivity index (χ2v) is 10.1. The van der Waals surface area contributed by atoms with Crippen LogP contribution >= 0.6 is 0 Å². The topological polar surface area (TPSA) is 124 Å². The second-order valence-electron chi connectivity index (χ2n) is 8.42. The van der Waals surface area contributed by atoms with E-state index in [0.29, 0.717) is 0 Å².